The van der Waals surface area contributed by atoms with E-state index in [4.69, 9.17) is 10.5 Å². The number of nitrogens with zero attached hydrogens (tertiary/aromatic N) is 3. The molecule has 1 heterocycles. The Bertz CT molecular complexity index is 376. The molecule has 0 saturated heterocycles. The van der Waals surface area contributed by atoms with Gasteiger partial charge in [-0.1, -0.05) is 0 Å². The van der Waals surface area contributed by atoms with Crippen LogP contribution in [0.1, 0.15) is 26.7 Å². The molecule has 1 aromatic heterocycles. The van der Waals surface area contributed by atoms with Gasteiger partial charge in [-0.3, -0.25) is 0 Å². The zero-order valence-electron chi connectivity index (χ0n) is 9.97. The highest BCUT2D eigenvalue weighted by Crippen LogP contribution is 2.34. The topological polar surface area (TPSA) is 64.3 Å². The van der Waals surface area contributed by atoms with E-state index in [-0.39, 0.29) is 6.10 Å². The summed E-state index contributed by atoms with van der Waals surface area (Å²) in [7, 11) is 2.01. The summed E-state index contributed by atoms with van der Waals surface area (Å²) in [6.45, 7) is 3.90. The molecule has 1 saturated carbocycles. The Morgan fingerprint density at radius 1 is 1.44 bits per heavy atom. The molecule has 5 nitrogen and oxygen atoms in total. The lowest BCUT2D eigenvalue weighted by Crippen LogP contribution is -2.23. The van der Waals surface area contributed by atoms with E-state index in [9.17, 15) is 0 Å². The van der Waals surface area contributed by atoms with Gasteiger partial charge in [0.2, 0.25) is 5.88 Å². The minimum Gasteiger partial charge on any atom is -0.473 e. The van der Waals surface area contributed by atoms with Crippen LogP contribution >= 0.6 is 0 Å². The lowest BCUT2D eigenvalue weighted by Gasteiger charge is -2.20. The minimum atomic E-state index is 0.0660. The van der Waals surface area contributed by atoms with Crippen molar-refractivity contribution in [1.29, 1.82) is 0 Å². The molecule has 0 aromatic carbocycles. The van der Waals surface area contributed by atoms with Gasteiger partial charge in [-0.05, 0) is 26.7 Å². The van der Waals surface area contributed by atoms with Gasteiger partial charge >= 0.3 is 0 Å². The van der Waals surface area contributed by atoms with Crippen molar-refractivity contribution < 1.29 is 4.74 Å². The van der Waals surface area contributed by atoms with Crippen LogP contribution in [0.2, 0.25) is 0 Å². The molecule has 0 amide bonds. The zero-order chi connectivity index (χ0) is 11.7. The highest BCUT2D eigenvalue weighted by Gasteiger charge is 2.29. The smallest absolute Gasteiger partial charge is 0.242 e. The molecule has 0 unspecified atom stereocenters. The van der Waals surface area contributed by atoms with Crippen molar-refractivity contribution in [3.05, 3.63) is 6.33 Å². The number of anilines is 2. The zero-order valence-corrected chi connectivity index (χ0v) is 9.97. The third kappa shape index (κ3) is 2.18. The number of ether oxygens (including phenoxy) is 1. The van der Waals surface area contributed by atoms with Gasteiger partial charge in [0.05, 0.1) is 6.10 Å². The molecule has 5 heteroatoms. The Morgan fingerprint density at radius 2 is 2.12 bits per heavy atom. The van der Waals surface area contributed by atoms with E-state index in [1.54, 1.807) is 0 Å². The molecule has 16 heavy (non-hydrogen) atoms. The summed E-state index contributed by atoms with van der Waals surface area (Å²) >= 11 is 0. The standard InChI is InChI=1S/C11H18N4O/c1-7(2)16-11-9(12)10(13-6-14-11)15(3)8-4-5-8/h6-8H,4-5,12H2,1-3H3. The first-order valence-electron chi connectivity index (χ1n) is 5.59. The molecule has 0 spiro atoms. The lowest BCUT2D eigenvalue weighted by molar-refractivity contribution is 0.234. The Morgan fingerprint density at radius 3 is 2.69 bits per heavy atom. The van der Waals surface area contributed by atoms with Crippen molar-refractivity contribution in [2.75, 3.05) is 17.7 Å². The third-order valence-corrected chi connectivity index (χ3v) is 2.60. The number of nitrogen functional groups attached to an aromatic ring is 1. The van der Waals surface area contributed by atoms with E-state index in [2.05, 4.69) is 14.9 Å². The van der Waals surface area contributed by atoms with Crippen LogP contribution < -0.4 is 15.4 Å². The van der Waals surface area contributed by atoms with Crippen molar-refractivity contribution in [2.45, 2.75) is 38.8 Å². The molecule has 0 aliphatic heterocycles. The van der Waals surface area contributed by atoms with Crippen molar-refractivity contribution in [1.82, 2.24) is 9.97 Å². The first-order chi connectivity index (χ1) is 7.59. The fourth-order valence-corrected chi connectivity index (χ4v) is 1.60. The minimum absolute atomic E-state index is 0.0660. The molecule has 1 aromatic rings. The van der Waals surface area contributed by atoms with E-state index in [1.165, 1.54) is 19.2 Å². The predicted molar refractivity (Wildman–Crippen MR) is 63.6 cm³/mol. The van der Waals surface area contributed by atoms with Crippen molar-refractivity contribution in [3.8, 4) is 5.88 Å². The fraction of sp³-hybridized carbons (Fsp3) is 0.636. The molecule has 1 aliphatic carbocycles. The van der Waals surface area contributed by atoms with Gasteiger partial charge in [-0.15, -0.1) is 0 Å². The fourth-order valence-electron chi connectivity index (χ4n) is 1.60. The van der Waals surface area contributed by atoms with E-state index < -0.39 is 0 Å². The number of nitrogens with two attached hydrogens (primary N) is 1. The average Bonchev–Trinajstić information content (AvgIpc) is 3.03. The predicted octanol–water partition coefficient (Wildman–Crippen LogP) is 1.44. The van der Waals surface area contributed by atoms with Crippen LogP contribution in [-0.2, 0) is 0 Å². The van der Waals surface area contributed by atoms with Gasteiger partial charge in [0.1, 0.15) is 12.0 Å². The molecule has 2 N–H and O–H groups in total. The second-order valence-corrected chi connectivity index (χ2v) is 4.42. The van der Waals surface area contributed by atoms with Gasteiger partial charge in [0.25, 0.3) is 0 Å². The average molecular weight is 222 g/mol. The highest BCUT2D eigenvalue weighted by molar-refractivity contribution is 5.68. The van der Waals surface area contributed by atoms with E-state index in [0.717, 1.165) is 5.82 Å². The molecule has 0 atom stereocenters. The summed E-state index contributed by atoms with van der Waals surface area (Å²) in [6, 6.07) is 0.573. The summed E-state index contributed by atoms with van der Waals surface area (Å²) < 4.78 is 5.53. The van der Waals surface area contributed by atoms with Crippen molar-refractivity contribution in [2.24, 2.45) is 0 Å². The monoisotopic (exact) mass is 222 g/mol. The van der Waals surface area contributed by atoms with Gasteiger partial charge in [-0.2, -0.15) is 4.98 Å². The van der Waals surface area contributed by atoms with Crippen LogP contribution in [0, 0.1) is 0 Å². The summed E-state index contributed by atoms with van der Waals surface area (Å²) in [5, 5.41) is 0. The van der Waals surface area contributed by atoms with Crippen LogP contribution in [0.4, 0.5) is 11.5 Å². The van der Waals surface area contributed by atoms with E-state index in [1.807, 2.05) is 20.9 Å². The molecule has 88 valence electrons. The van der Waals surface area contributed by atoms with E-state index in [0.29, 0.717) is 17.6 Å². The Hall–Kier alpha value is -1.52. The molecule has 1 aliphatic rings. The maximum atomic E-state index is 6.01. The molecule has 1 fully saturated rings. The van der Waals surface area contributed by atoms with Gasteiger partial charge < -0.3 is 15.4 Å². The summed E-state index contributed by atoms with van der Waals surface area (Å²) in [6.07, 6.45) is 3.99. The normalized spacial score (nSPS) is 15.2. The lowest BCUT2D eigenvalue weighted by atomic mass is 10.4. The maximum Gasteiger partial charge on any atom is 0.242 e. The highest BCUT2D eigenvalue weighted by atomic mass is 16.5. The SMILES string of the molecule is CC(C)Oc1ncnc(N(C)C2CC2)c1N. The van der Waals surface area contributed by atoms with Crippen molar-refractivity contribution in [3.63, 3.8) is 0 Å². The van der Waals surface area contributed by atoms with Crippen LogP contribution in [-0.4, -0.2) is 29.2 Å². The van der Waals surface area contributed by atoms with Gasteiger partial charge in [0, 0.05) is 13.1 Å². The largest absolute Gasteiger partial charge is 0.473 e. The number of aromatic nitrogens is 2. The molecule has 0 radical (unpaired) electrons. The van der Waals surface area contributed by atoms with Crippen LogP contribution in [0.5, 0.6) is 5.88 Å². The summed E-state index contributed by atoms with van der Waals surface area (Å²) in [4.78, 5) is 10.4. The molecule has 2 rings (SSSR count). The second kappa shape index (κ2) is 4.15. The number of hydrogen-bond donors (Lipinski definition) is 1. The van der Waals surface area contributed by atoms with Gasteiger partial charge in [-0.25, -0.2) is 4.98 Å². The number of hydrogen-bond acceptors (Lipinski definition) is 5. The summed E-state index contributed by atoms with van der Waals surface area (Å²) in [5.74, 6) is 1.25. The van der Waals surface area contributed by atoms with Crippen LogP contribution in [0.3, 0.4) is 0 Å². The van der Waals surface area contributed by atoms with Crippen LogP contribution in [0.25, 0.3) is 0 Å². The maximum absolute atomic E-state index is 6.01. The quantitative estimate of drug-likeness (QED) is 0.835. The van der Waals surface area contributed by atoms with Gasteiger partial charge in [0.15, 0.2) is 5.82 Å². The molecule has 0 bridgehead atoms. The van der Waals surface area contributed by atoms with Crippen molar-refractivity contribution >= 4 is 11.5 Å². The third-order valence-electron chi connectivity index (χ3n) is 2.60. The van der Waals surface area contributed by atoms with E-state index >= 15 is 0 Å². The Kier molecular flexibility index (Phi) is 2.85. The molecular formula is C11H18N4O. The van der Waals surface area contributed by atoms with Crippen LogP contribution in [0.15, 0.2) is 6.33 Å². The first-order valence-corrected chi connectivity index (χ1v) is 5.59. The first kappa shape index (κ1) is 11.0. The molecular weight excluding hydrogens is 204 g/mol. The summed E-state index contributed by atoms with van der Waals surface area (Å²) in [5.41, 5.74) is 6.54. The Balaban J connectivity index is 2.24. The second-order valence-electron chi connectivity index (χ2n) is 4.42. The Labute approximate surface area is 95.6 Å². The number of rotatable bonds is 4.